The van der Waals surface area contributed by atoms with Crippen molar-refractivity contribution in [3.63, 3.8) is 0 Å². The van der Waals surface area contributed by atoms with Gasteiger partial charge in [-0.25, -0.2) is 4.98 Å². The van der Waals surface area contributed by atoms with Crippen LogP contribution in [0.25, 0.3) is 21.3 Å². The van der Waals surface area contributed by atoms with E-state index >= 15 is 0 Å². The molecule has 0 aliphatic carbocycles. The van der Waals surface area contributed by atoms with Gasteiger partial charge in [-0.15, -0.1) is 11.3 Å². The summed E-state index contributed by atoms with van der Waals surface area (Å²) in [5, 5.41) is 2.18. The molecule has 24 heavy (non-hydrogen) atoms. The molecule has 6 heteroatoms. The highest BCUT2D eigenvalue weighted by Crippen LogP contribution is 2.42. The van der Waals surface area contributed by atoms with Crippen molar-refractivity contribution in [1.82, 2.24) is 9.97 Å². The summed E-state index contributed by atoms with van der Waals surface area (Å²) in [6, 6.07) is 7.98. The maximum Gasteiger partial charge on any atom is 0.225 e. The molecule has 1 fully saturated rings. The average molecular weight is 378 g/mol. The van der Waals surface area contributed by atoms with Gasteiger partial charge in [-0.05, 0) is 55.5 Å². The number of thiophene rings is 1. The molecule has 3 aromatic rings. The first-order valence-corrected chi connectivity index (χ1v) is 9.68. The molecule has 0 bridgehead atoms. The van der Waals surface area contributed by atoms with Gasteiger partial charge in [-0.1, -0.05) is 23.7 Å². The van der Waals surface area contributed by atoms with E-state index in [0.717, 1.165) is 39.7 Å². The summed E-state index contributed by atoms with van der Waals surface area (Å²) in [7, 11) is 0. The lowest BCUT2D eigenvalue weighted by Crippen LogP contribution is -2.30. The molecule has 4 rings (SSSR count). The van der Waals surface area contributed by atoms with E-state index in [2.05, 4.69) is 33.9 Å². The molecule has 0 saturated carbocycles. The van der Waals surface area contributed by atoms with Gasteiger partial charge in [0, 0.05) is 28.6 Å². The fourth-order valence-corrected chi connectivity index (χ4v) is 4.75. The zero-order valence-corrected chi connectivity index (χ0v) is 15.7. The van der Waals surface area contributed by atoms with Crippen LogP contribution in [0.2, 0.25) is 10.3 Å². The lowest BCUT2D eigenvalue weighted by Gasteiger charge is -2.28. The molecule has 0 amide bonds. The number of fused-ring (bicyclic) bond motifs is 1. The molecule has 1 aliphatic heterocycles. The lowest BCUT2D eigenvalue weighted by atomic mass is 10.0. The van der Waals surface area contributed by atoms with Gasteiger partial charge in [0.2, 0.25) is 5.28 Å². The van der Waals surface area contributed by atoms with Crippen molar-refractivity contribution < 1.29 is 0 Å². The maximum absolute atomic E-state index is 6.21. The summed E-state index contributed by atoms with van der Waals surface area (Å²) in [6.07, 6.45) is 3.68. The molecule has 0 atom stereocenters. The van der Waals surface area contributed by atoms with E-state index in [9.17, 15) is 0 Å². The maximum atomic E-state index is 6.21. The first-order valence-electron chi connectivity index (χ1n) is 8.11. The number of hydrogen-bond donors (Lipinski definition) is 0. The Bertz CT molecular complexity index is 883. The van der Waals surface area contributed by atoms with Crippen LogP contribution >= 0.6 is 34.5 Å². The quantitative estimate of drug-likeness (QED) is 0.515. The Hall–Kier alpha value is -1.36. The molecule has 0 N–H and O–H groups in total. The van der Waals surface area contributed by atoms with E-state index in [4.69, 9.17) is 23.2 Å². The number of anilines is 1. The van der Waals surface area contributed by atoms with Crippen LogP contribution in [0, 0.1) is 6.92 Å². The number of nitrogens with zero attached hydrogens (tertiary/aromatic N) is 3. The first-order chi connectivity index (χ1) is 11.6. The molecule has 3 nitrogen and oxygen atoms in total. The third-order valence-corrected chi connectivity index (χ3v) is 5.89. The van der Waals surface area contributed by atoms with Gasteiger partial charge in [0.1, 0.15) is 10.6 Å². The van der Waals surface area contributed by atoms with Crippen molar-refractivity contribution in [2.75, 3.05) is 18.0 Å². The van der Waals surface area contributed by atoms with Gasteiger partial charge in [-0.3, -0.25) is 0 Å². The minimum atomic E-state index is 0.326. The minimum Gasteiger partial charge on any atom is -0.356 e. The molecular weight excluding hydrogens is 361 g/mol. The van der Waals surface area contributed by atoms with Crippen LogP contribution in [0.15, 0.2) is 24.3 Å². The van der Waals surface area contributed by atoms with Crippen LogP contribution in [-0.2, 0) is 0 Å². The summed E-state index contributed by atoms with van der Waals surface area (Å²) in [5.74, 6) is 0.971. The number of hydrogen-bond acceptors (Lipinski definition) is 4. The summed E-state index contributed by atoms with van der Waals surface area (Å²) >= 11 is 13.9. The topological polar surface area (TPSA) is 29.0 Å². The van der Waals surface area contributed by atoms with Crippen molar-refractivity contribution in [1.29, 1.82) is 0 Å². The Morgan fingerprint density at radius 1 is 1.00 bits per heavy atom. The standard InChI is InChI=1S/C18H17Cl2N3S/c1-11-14(12-5-7-13(19)8-6-12)15-16(23-9-3-2-4-10-23)21-18(20)22-17(15)24-11/h5-8H,2-4,9-10H2,1H3. The number of benzene rings is 1. The van der Waals surface area contributed by atoms with Gasteiger partial charge in [0.05, 0.1) is 5.39 Å². The van der Waals surface area contributed by atoms with E-state index in [1.165, 1.54) is 29.7 Å². The Kier molecular flexibility index (Phi) is 4.37. The Labute approximate surface area is 155 Å². The number of rotatable bonds is 2. The molecular formula is C18H17Cl2N3S. The van der Waals surface area contributed by atoms with E-state index in [0.29, 0.717) is 5.28 Å². The van der Waals surface area contributed by atoms with Crippen LogP contribution in [-0.4, -0.2) is 23.1 Å². The van der Waals surface area contributed by atoms with Crippen LogP contribution in [0.1, 0.15) is 24.1 Å². The second-order valence-electron chi connectivity index (χ2n) is 6.08. The smallest absolute Gasteiger partial charge is 0.225 e. The third kappa shape index (κ3) is 2.87. The second-order valence-corrected chi connectivity index (χ2v) is 8.06. The molecule has 2 aromatic heterocycles. The number of aryl methyl sites for hydroxylation is 1. The third-order valence-electron chi connectivity index (χ3n) is 4.47. The highest BCUT2D eigenvalue weighted by atomic mass is 35.5. The summed E-state index contributed by atoms with van der Waals surface area (Å²) in [5.41, 5.74) is 2.34. The normalized spacial score (nSPS) is 15.2. The molecule has 0 spiro atoms. The Morgan fingerprint density at radius 3 is 2.42 bits per heavy atom. The molecule has 1 saturated heterocycles. The highest BCUT2D eigenvalue weighted by molar-refractivity contribution is 7.19. The van der Waals surface area contributed by atoms with Gasteiger partial charge >= 0.3 is 0 Å². The van der Waals surface area contributed by atoms with E-state index < -0.39 is 0 Å². The Morgan fingerprint density at radius 2 is 1.71 bits per heavy atom. The molecule has 0 unspecified atom stereocenters. The molecule has 124 valence electrons. The van der Waals surface area contributed by atoms with Crippen molar-refractivity contribution in [3.8, 4) is 11.1 Å². The molecule has 3 heterocycles. The monoisotopic (exact) mass is 377 g/mol. The van der Waals surface area contributed by atoms with Gasteiger partial charge in [0.15, 0.2) is 0 Å². The van der Waals surface area contributed by atoms with Gasteiger partial charge < -0.3 is 4.90 Å². The van der Waals surface area contributed by atoms with Crippen molar-refractivity contribution >= 4 is 50.6 Å². The fourth-order valence-electron chi connectivity index (χ4n) is 3.37. The highest BCUT2D eigenvalue weighted by Gasteiger charge is 2.22. The van der Waals surface area contributed by atoms with Gasteiger partial charge in [0.25, 0.3) is 0 Å². The zero-order chi connectivity index (χ0) is 16.7. The van der Waals surface area contributed by atoms with Gasteiger partial charge in [-0.2, -0.15) is 4.98 Å². The van der Waals surface area contributed by atoms with Crippen LogP contribution < -0.4 is 4.90 Å². The second kappa shape index (κ2) is 6.51. The van der Waals surface area contributed by atoms with E-state index in [1.54, 1.807) is 11.3 Å². The fraction of sp³-hybridized carbons (Fsp3) is 0.333. The number of halogens is 2. The minimum absolute atomic E-state index is 0.326. The molecule has 0 radical (unpaired) electrons. The van der Waals surface area contributed by atoms with E-state index in [-0.39, 0.29) is 0 Å². The lowest BCUT2D eigenvalue weighted by molar-refractivity contribution is 0.574. The van der Waals surface area contributed by atoms with Crippen LogP contribution in [0.4, 0.5) is 5.82 Å². The van der Waals surface area contributed by atoms with Crippen LogP contribution in [0.5, 0.6) is 0 Å². The SMILES string of the molecule is Cc1sc2nc(Cl)nc(N3CCCCC3)c2c1-c1ccc(Cl)cc1. The molecule has 1 aliphatic rings. The summed E-state index contributed by atoms with van der Waals surface area (Å²) in [4.78, 5) is 13.6. The molecule has 1 aromatic carbocycles. The number of piperidine rings is 1. The van der Waals surface area contributed by atoms with Crippen molar-refractivity contribution in [2.24, 2.45) is 0 Å². The van der Waals surface area contributed by atoms with E-state index in [1.807, 2.05) is 12.1 Å². The van der Waals surface area contributed by atoms with Crippen LogP contribution in [0.3, 0.4) is 0 Å². The summed E-state index contributed by atoms with van der Waals surface area (Å²) in [6.45, 7) is 4.18. The predicted molar refractivity (Wildman–Crippen MR) is 104 cm³/mol. The zero-order valence-electron chi connectivity index (χ0n) is 13.4. The Balaban J connectivity index is 1.96. The van der Waals surface area contributed by atoms with Crippen molar-refractivity contribution in [3.05, 3.63) is 39.4 Å². The largest absolute Gasteiger partial charge is 0.356 e. The van der Waals surface area contributed by atoms with Crippen molar-refractivity contribution in [2.45, 2.75) is 26.2 Å². The number of aromatic nitrogens is 2. The average Bonchev–Trinajstić information content (AvgIpc) is 2.91. The predicted octanol–water partition coefficient (Wildman–Crippen LogP) is 5.96. The summed E-state index contributed by atoms with van der Waals surface area (Å²) < 4.78 is 0. The first kappa shape index (κ1) is 16.1.